The molecule has 1 aromatic rings. The summed E-state index contributed by atoms with van der Waals surface area (Å²) in [5, 5.41) is 0. The van der Waals surface area contributed by atoms with Crippen molar-refractivity contribution in [2.45, 2.75) is 26.6 Å². The molecule has 106 valence electrons. The molecule has 0 aliphatic rings. The molecule has 0 saturated carbocycles. The molecule has 0 aliphatic heterocycles. The fourth-order valence-electron chi connectivity index (χ4n) is 1.43. The molecule has 0 radical (unpaired) electrons. The number of halogens is 1. The third-order valence-electron chi connectivity index (χ3n) is 2.41. The van der Waals surface area contributed by atoms with E-state index in [4.69, 9.17) is 9.47 Å². The average molecular weight is 331 g/mol. The number of hydrogen-bond donors (Lipinski definition) is 0. The highest BCUT2D eigenvalue weighted by molar-refractivity contribution is 9.10. The maximum atomic E-state index is 11.3. The van der Waals surface area contributed by atoms with Crippen molar-refractivity contribution in [2.75, 3.05) is 20.3 Å². The fourth-order valence-corrected chi connectivity index (χ4v) is 1.93. The Kier molecular flexibility index (Phi) is 7.05. The number of esters is 1. The Bertz CT molecular complexity index is 418. The number of methoxy groups -OCH3 is 1. The Morgan fingerprint density at radius 2 is 2.05 bits per heavy atom. The van der Waals surface area contributed by atoms with Crippen molar-refractivity contribution in [3.63, 3.8) is 0 Å². The maximum Gasteiger partial charge on any atom is 0.337 e. The number of carbonyl (C=O) groups is 1. The first kappa shape index (κ1) is 16.1. The zero-order valence-corrected chi connectivity index (χ0v) is 13.0. The van der Waals surface area contributed by atoms with Gasteiger partial charge in [0.05, 0.1) is 38.6 Å². The Morgan fingerprint density at radius 1 is 1.32 bits per heavy atom. The minimum Gasteiger partial charge on any atom is -0.465 e. The molecule has 0 unspecified atom stereocenters. The topological polar surface area (TPSA) is 44.8 Å². The van der Waals surface area contributed by atoms with Crippen LogP contribution in [0.1, 0.15) is 29.8 Å². The Morgan fingerprint density at radius 3 is 2.63 bits per heavy atom. The number of rotatable bonds is 7. The molecule has 0 aromatic heterocycles. The van der Waals surface area contributed by atoms with Gasteiger partial charge in [-0.15, -0.1) is 0 Å². The lowest BCUT2D eigenvalue weighted by Crippen LogP contribution is -2.09. The SMILES string of the molecule is COC(=O)c1ccc(COCCOC(C)C)c(Br)c1. The molecule has 0 amide bonds. The normalized spacial score (nSPS) is 10.8. The summed E-state index contributed by atoms with van der Waals surface area (Å²) >= 11 is 3.42. The van der Waals surface area contributed by atoms with Crippen LogP contribution in [0, 0.1) is 0 Å². The number of benzene rings is 1. The second-order valence-electron chi connectivity index (χ2n) is 4.27. The Hall–Kier alpha value is -0.910. The van der Waals surface area contributed by atoms with Crippen LogP contribution < -0.4 is 0 Å². The largest absolute Gasteiger partial charge is 0.465 e. The van der Waals surface area contributed by atoms with Crippen LogP contribution in [0.15, 0.2) is 22.7 Å². The van der Waals surface area contributed by atoms with Gasteiger partial charge in [0.2, 0.25) is 0 Å². The van der Waals surface area contributed by atoms with Crippen molar-refractivity contribution >= 4 is 21.9 Å². The summed E-state index contributed by atoms with van der Waals surface area (Å²) < 4.78 is 16.4. The van der Waals surface area contributed by atoms with Crippen molar-refractivity contribution in [3.8, 4) is 0 Å². The molecular weight excluding hydrogens is 312 g/mol. The van der Waals surface area contributed by atoms with Crippen LogP contribution in [0.25, 0.3) is 0 Å². The summed E-state index contributed by atoms with van der Waals surface area (Å²) in [6, 6.07) is 5.30. The minimum absolute atomic E-state index is 0.217. The van der Waals surface area contributed by atoms with Gasteiger partial charge in [-0.2, -0.15) is 0 Å². The molecule has 5 heteroatoms. The van der Waals surface area contributed by atoms with E-state index < -0.39 is 0 Å². The predicted molar refractivity (Wildman–Crippen MR) is 76.2 cm³/mol. The van der Waals surface area contributed by atoms with Crippen molar-refractivity contribution in [1.29, 1.82) is 0 Å². The van der Waals surface area contributed by atoms with E-state index in [1.54, 1.807) is 12.1 Å². The first-order valence-electron chi connectivity index (χ1n) is 6.10. The van der Waals surface area contributed by atoms with Gasteiger partial charge >= 0.3 is 5.97 Å². The van der Waals surface area contributed by atoms with E-state index in [1.165, 1.54) is 7.11 Å². The van der Waals surface area contributed by atoms with Crippen molar-refractivity contribution < 1.29 is 19.0 Å². The minimum atomic E-state index is -0.349. The molecule has 0 saturated heterocycles. The lowest BCUT2D eigenvalue weighted by molar-refractivity contribution is 0.0142. The van der Waals surface area contributed by atoms with Gasteiger partial charge in [0, 0.05) is 4.47 Å². The van der Waals surface area contributed by atoms with Crippen molar-refractivity contribution in [1.82, 2.24) is 0 Å². The second-order valence-corrected chi connectivity index (χ2v) is 5.12. The monoisotopic (exact) mass is 330 g/mol. The van der Waals surface area contributed by atoms with Gasteiger partial charge in [-0.25, -0.2) is 4.79 Å². The predicted octanol–water partition coefficient (Wildman–Crippen LogP) is 3.18. The zero-order chi connectivity index (χ0) is 14.3. The molecule has 0 N–H and O–H groups in total. The lowest BCUT2D eigenvalue weighted by atomic mass is 10.1. The molecule has 1 aromatic carbocycles. The van der Waals surface area contributed by atoms with E-state index >= 15 is 0 Å². The van der Waals surface area contributed by atoms with Gasteiger partial charge in [-0.05, 0) is 31.5 Å². The van der Waals surface area contributed by atoms with E-state index in [0.29, 0.717) is 25.4 Å². The van der Waals surface area contributed by atoms with Gasteiger partial charge in [-0.3, -0.25) is 0 Å². The van der Waals surface area contributed by atoms with E-state index in [0.717, 1.165) is 10.0 Å². The van der Waals surface area contributed by atoms with Crippen LogP contribution in [0.2, 0.25) is 0 Å². The molecule has 4 nitrogen and oxygen atoms in total. The summed E-state index contributed by atoms with van der Waals surface area (Å²) in [5.41, 5.74) is 1.50. The van der Waals surface area contributed by atoms with Gasteiger partial charge < -0.3 is 14.2 Å². The fraction of sp³-hybridized carbons (Fsp3) is 0.500. The Labute approximate surface area is 122 Å². The van der Waals surface area contributed by atoms with Crippen LogP contribution in [-0.4, -0.2) is 32.4 Å². The van der Waals surface area contributed by atoms with Crippen LogP contribution in [-0.2, 0) is 20.8 Å². The highest BCUT2D eigenvalue weighted by atomic mass is 79.9. The summed E-state index contributed by atoms with van der Waals surface area (Å²) in [5.74, 6) is -0.349. The summed E-state index contributed by atoms with van der Waals surface area (Å²) in [6.07, 6.45) is 0.217. The number of carbonyl (C=O) groups excluding carboxylic acids is 1. The molecule has 0 atom stereocenters. The number of hydrogen-bond acceptors (Lipinski definition) is 4. The first-order chi connectivity index (χ1) is 9.04. The van der Waals surface area contributed by atoms with Crippen molar-refractivity contribution in [3.05, 3.63) is 33.8 Å². The smallest absolute Gasteiger partial charge is 0.337 e. The van der Waals surface area contributed by atoms with Gasteiger partial charge in [-0.1, -0.05) is 22.0 Å². The van der Waals surface area contributed by atoms with Crippen LogP contribution in [0.4, 0.5) is 0 Å². The third kappa shape index (κ3) is 5.72. The molecule has 0 heterocycles. The standard InChI is InChI=1S/C14H19BrO4/c1-10(2)19-7-6-18-9-12-5-4-11(8-13(12)15)14(16)17-3/h4-5,8,10H,6-7,9H2,1-3H3. The Balaban J connectivity index is 2.44. The molecule has 19 heavy (non-hydrogen) atoms. The highest BCUT2D eigenvalue weighted by Gasteiger charge is 2.08. The molecule has 0 fully saturated rings. The van der Waals surface area contributed by atoms with E-state index in [2.05, 4.69) is 20.7 Å². The van der Waals surface area contributed by atoms with Crippen LogP contribution in [0.3, 0.4) is 0 Å². The number of ether oxygens (including phenoxy) is 3. The molecule has 0 bridgehead atoms. The molecule has 0 spiro atoms. The van der Waals surface area contributed by atoms with E-state index in [9.17, 15) is 4.79 Å². The second kappa shape index (κ2) is 8.30. The van der Waals surface area contributed by atoms with Gasteiger partial charge in [0.15, 0.2) is 0 Å². The summed E-state index contributed by atoms with van der Waals surface area (Å²) in [7, 11) is 1.36. The van der Waals surface area contributed by atoms with E-state index in [-0.39, 0.29) is 12.1 Å². The summed E-state index contributed by atoms with van der Waals surface area (Å²) in [4.78, 5) is 11.3. The van der Waals surface area contributed by atoms with Gasteiger partial charge in [0.1, 0.15) is 0 Å². The molecular formula is C14H19BrO4. The van der Waals surface area contributed by atoms with Crippen LogP contribution >= 0.6 is 15.9 Å². The maximum absolute atomic E-state index is 11.3. The van der Waals surface area contributed by atoms with Gasteiger partial charge in [0.25, 0.3) is 0 Å². The first-order valence-corrected chi connectivity index (χ1v) is 6.90. The van der Waals surface area contributed by atoms with E-state index in [1.807, 2.05) is 19.9 Å². The average Bonchev–Trinajstić information content (AvgIpc) is 2.38. The summed E-state index contributed by atoms with van der Waals surface area (Å²) in [6.45, 7) is 5.58. The van der Waals surface area contributed by atoms with Crippen LogP contribution in [0.5, 0.6) is 0 Å². The highest BCUT2D eigenvalue weighted by Crippen LogP contribution is 2.20. The third-order valence-corrected chi connectivity index (χ3v) is 3.15. The van der Waals surface area contributed by atoms with Crippen molar-refractivity contribution in [2.24, 2.45) is 0 Å². The zero-order valence-electron chi connectivity index (χ0n) is 11.4. The quantitative estimate of drug-likeness (QED) is 0.569. The molecule has 1 rings (SSSR count). The lowest BCUT2D eigenvalue weighted by Gasteiger charge is -2.09. The molecule has 0 aliphatic carbocycles.